The molecule has 1 heterocycles. The normalized spacial score (nSPS) is 11.7. The van der Waals surface area contributed by atoms with Crippen LogP contribution in [0.3, 0.4) is 0 Å². The van der Waals surface area contributed by atoms with E-state index in [1.165, 1.54) is 26.0 Å². The zero-order valence-corrected chi connectivity index (χ0v) is 18.3. The maximum Gasteiger partial charge on any atom is 0.216 e. The number of carbonyl (C=O) groups excluding carboxylic acids is 2. The second-order valence-corrected chi connectivity index (χ2v) is 10.6. The Morgan fingerprint density at radius 3 is 2.07 bits per heavy atom. The maximum absolute atomic E-state index is 13.6. The summed E-state index contributed by atoms with van der Waals surface area (Å²) in [7, 11) is -3.80. The minimum atomic E-state index is -3.80. The van der Waals surface area contributed by atoms with Crippen molar-refractivity contribution in [2.75, 3.05) is 0 Å². The first-order valence-electron chi connectivity index (χ1n) is 9.69. The Hall–Kier alpha value is -2.85. The van der Waals surface area contributed by atoms with Gasteiger partial charge in [-0.2, -0.15) is 0 Å². The average Bonchev–Trinajstić information content (AvgIpc) is 3.08. The lowest BCUT2D eigenvalue weighted by Crippen LogP contribution is -2.11. The smallest absolute Gasteiger partial charge is 0.216 e. The molecule has 0 spiro atoms. The van der Waals surface area contributed by atoms with Crippen molar-refractivity contribution in [3.05, 3.63) is 71.8 Å². The van der Waals surface area contributed by atoms with E-state index >= 15 is 0 Å². The molecule has 0 atom stereocenters. The zero-order chi connectivity index (χ0) is 22.1. The number of benzene rings is 2. The summed E-state index contributed by atoms with van der Waals surface area (Å²) in [6.07, 6.45) is -0.220. The molecule has 3 aromatic rings. The van der Waals surface area contributed by atoms with Crippen LogP contribution < -0.4 is 0 Å². The average molecular weight is 426 g/mol. The first kappa shape index (κ1) is 21.8. The molecule has 0 N–H and O–H groups in total. The van der Waals surface area contributed by atoms with Gasteiger partial charge in [0.05, 0.1) is 17.5 Å². The van der Waals surface area contributed by atoms with Gasteiger partial charge in [0.2, 0.25) is 7.14 Å². The number of nitrogens with zero attached hydrogens (tertiary/aromatic N) is 2. The Morgan fingerprint density at radius 1 is 1.00 bits per heavy atom. The van der Waals surface area contributed by atoms with Crippen molar-refractivity contribution in [1.82, 2.24) is 9.55 Å². The van der Waals surface area contributed by atoms with Crippen LogP contribution in [0.5, 0.6) is 0 Å². The summed E-state index contributed by atoms with van der Waals surface area (Å²) in [6.45, 7) is 6.27. The van der Waals surface area contributed by atoms with Gasteiger partial charge in [0.15, 0.2) is 11.0 Å². The molecule has 0 saturated heterocycles. The third-order valence-electron chi connectivity index (χ3n) is 5.06. The first-order valence-corrected chi connectivity index (χ1v) is 11.6. The first-order chi connectivity index (χ1) is 14.1. The molecule has 0 amide bonds. The summed E-state index contributed by atoms with van der Waals surface area (Å²) in [5.41, 5.74) is 1.36. The van der Waals surface area contributed by atoms with Crippen molar-refractivity contribution in [3.63, 3.8) is 0 Å². The highest BCUT2D eigenvalue weighted by molar-refractivity contribution is 7.93. The Kier molecular flexibility index (Phi) is 6.18. The lowest BCUT2D eigenvalue weighted by molar-refractivity contribution is -0.113. The van der Waals surface area contributed by atoms with Crippen molar-refractivity contribution in [1.29, 1.82) is 0 Å². The van der Waals surface area contributed by atoms with E-state index in [0.29, 0.717) is 22.9 Å². The lowest BCUT2D eigenvalue weighted by atomic mass is 10.1. The molecule has 0 unspecified atom stereocenters. The van der Waals surface area contributed by atoms with Gasteiger partial charge in [-0.3, -0.25) is 14.2 Å². The van der Waals surface area contributed by atoms with Crippen molar-refractivity contribution < 1.29 is 18.5 Å². The highest BCUT2D eigenvalue weighted by Crippen LogP contribution is 2.52. The molecular formula is C23H24FN2O3P. The zero-order valence-electron chi connectivity index (χ0n) is 17.4. The molecule has 5 nitrogen and oxygen atoms in total. The standard InChI is InChI=1S/C23H24FN2O3P/c1-15(2)22-21(14-30(29,16(3)27)17(4)28)26(20-12-10-19(24)11-13-20)23(25-22)18-8-6-5-7-9-18/h5-13,15H,14H2,1-4H3. The molecule has 2 aromatic carbocycles. The van der Waals surface area contributed by atoms with E-state index in [9.17, 15) is 18.5 Å². The van der Waals surface area contributed by atoms with E-state index in [0.717, 1.165) is 5.56 Å². The SMILES string of the molecule is CC(=O)P(=O)(Cc1c(C(C)C)nc(-c2ccccc2)n1-c1ccc(F)cc1)C(C)=O. The third-order valence-corrected chi connectivity index (χ3v) is 7.84. The van der Waals surface area contributed by atoms with Gasteiger partial charge in [0.1, 0.15) is 11.6 Å². The third kappa shape index (κ3) is 4.05. The molecule has 0 aliphatic heterocycles. The molecule has 0 fully saturated rings. The van der Waals surface area contributed by atoms with Gasteiger partial charge in [0.25, 0.3) is 0 Å². The second-order valence-electron chi connectivity index (χ2n) is 7.54. The minimum absolute atomic E-state index is 0.0449. The van der Waals surface area contributed by atoms with Gasteiger partial charge >= 0.3 is 0 Å². The maximum atomic E-state index is 13.6. The van der Waals surface area contributed by atoms with Crippen molar-refractivity contribution in [3.8, 4) is 17.1 Å². The van der Waals surface area contributed by atoms with E-state index in [4.69, 9.17) is 4.98 Å². The highest BCUT2D eigenvalue weighted by Gasteiger charge is 2.37. The molecule has 3 rings (SSSR count). The summed E-state index contributed by atoms with van der Waals surface area (Å²) in [4.78, 5) is 29.2. The van der Waals surface area contributed by atoms with Crippen LogP contribution in [0.1, 0.15) is 45.0 Å². The fraction of sp³-hybridized carbons (Fsp3) is 0.261. The van der Waals surface area contributed by atoms with Gasteiger partial charge in [-0.1, -0.05) is 44.2 Å². The molecule has 0 saturated carbocycles. The van der Waals surface area contributed by atoms with Gasteiger partial charge in [-0.15, -0.1) is 0 Å². The Labute approximate surface area is 175 Å². The number of hydrogen-bond acceptors (Lipinski definition) is 4. The summed E-state index contributed by atoms with van der Waals surface area (Å²) in [6, 6.07) is 15.3. The quantitative estimate of drug-likeness (QED) is 0.451. The number of rotatable bonds is 7. The minimum Gasteiger partial charge on any atom is -0.307 e. The van der Waals surface area contributed by atoms with Gasteiger partial charge < -0.3 is 4.57 Å². The number of hydrogen-bond donors (Lipinski definition) is 0. The summed E-state index contributed by atoms with van der Waals surface area (Å²) >= 11 is 0. The molecule has 0 bridgehead atoms. The molecule has 7 heteroatoms. The number of imidazole rings is 1. The molecule has 1 aromatic heterocycles. The van der Waals surface area contributed by atoms with E-state index in [1.54, 1.807) is 16.7 Å². The highest BCUT2D eigenvalue weighted by atomic mass is 31.2. The van der Waals surface area contributed by atoms with Gasteiger partial charge in [0, 0.05) is 25.1 Å². The van der Waals surface area contributed by atoms with E-state index in [2.05, 4.69) is 0 Å². The van der Waals surface area contributed by atoms with Crippen LogP contribution in [-0.2, 0) is 20.3 Å². The van der Waals surface area contributed by atoms with Crippen molar-refractivity contribution in [2.45, 2.75) is 39.8 Å². The molecule has 0 aliphatic rings. The molecule has 156 valence electrons. The van der Waals surface area contributed by atoms with Crippen molar-refractivity contribution >= 4 is 18.2 Å². The summed E-state index contributed by atoms with van der Waals surface area (Å²) in [5.74, 6) is 0.153. The molecule has 0 radical (unpaired) electrons. The fourth-order valence-corrected chi connectivity index (χ4v) is 5.00. The van der Waals surface area contributed by atoms with E-state index in [1.807, 2.05) is 44.2 Å². The van der Waals surface area contributed by atoms with Crippen molar-refractivity contribution in [2.24, 2.45) is 0 Å². The fourth-order valence-electron chi connectivity index (χ4n) is 3.39. The van der Waals surface area contributed by atoms with E-state index < -0.39 is 18.2 Å². The van der Waals surface area contributed by atoms with Crippen LogP contribution in [0.2, 0.25) is 0 Å². The van der Waals surface area contributed by atoms with Crippen LogP contribution in [0.15, 0.2) is 54.6 Å². The number of halogens is 1. The Bertz CT molecular complexity index is 1120. The summed E-state index contributed by atoms with van der Waals surface area (Å²) < 4.78 is 28.7. The predicted molar refractivity (Wildman–Crippen MR) is 116 cm³/mol. The van der Waals surface area contributed by atoms with Crippen LogP contribution in [0.25, 0.3) is 17.1 Å². The van der Waals surface area contributed by atoms with Crippen LogP contribution in [-0.4, -0.2) is 20.6 Å². The van der Waals surface area contributed by atoms with Gasteiger partial charge in [-0.25, -0.2) is 9.37 Å². The molecular weight excluding hydrogens is 402 g/mol. The van der Waals surface area contributed by atoms with E-state index in [-0.39, 0.29) is 17.9 Å². The number of carbonyl (C=O) groups is 2. The topological polar surface area (TPSA) is 69.0 Å². The number of aromatic nitrogens is 2. The van der Waals surface area contributed by atoms with Crippen LogP contribution in [0, 0.1) is 5.82 Å². The molecule has 30 heavy (non-hydrogen) atoms. The van der Waals surface area contributed by atoms with Crippen LogP contribution >= 0.6 is 7.14 Å². The Morgan fingerprint density at radius 2 is 1.57 bits per heavy atom. The second kappa shape index (κ2) is 8.49. The summed E-state index contributed by atoms with van der Waals surface area (Å²) in [5, 5.41) is 0. The largest absolute Gasteiger partial charge is 0.307 e. The Balaban J connectivity index is 2.35. The van der Waals surface area contributed by atoms with Gasteiger partial charge in [-0.05, 0) is 30.2 Å². The lowest BCUT2D eigenvalue weighted by Gasteiger charge is -2.17. The van der Waals surface area contributed by atoms with Crippen LogP contribution in [0.4, 0.5) is 4.39 Å². The molecule has 0 aliphatic carbocycles. The predicted octanol–water partition coefficient (Wildman–Crippen LogP) is 5.76. The monoisotopic (exact) mass is 426 g/mol.